The van der Waals surface area contributed by atoms with Crippen LogP contribution in [0.2, 0.25) is 0 Å². The van der Waals surface area contributed by atoms with Crippen LogP contribution in [0.5, 0.6) is 0 Å². The monoisotopic (exact) mass is 260 g/mol. The van der Waals surface area contributed by atoms with Crippen LogP contribution in [0.3, 0.4) is 0 Å². The number of hydrogen-bond donors (Lipinski definition) is 1. The number of primary amides is 1. The summed E-state index contributed by atoms with van der Waals surface area (Å²) in [6.45, 7) is 1.61. The van der Waals surface area contributed by atoms with Crippen molar-refractivity contribution in [2.45, 2.75) is 51.1 Å². The summed E-state index contributed by atoms with van der Waals surface area (Å²) in [6.07, 6.45) is 4.67. The van der Waals surface area contributed by atoms with Crippen LogP contribution >= 0.6 is 0 Å². The van der Waals surface area contributed by atoms with Gasteiger partial charge in [-0.05, 0) is 32.1 Å². The van der Waals surface area contributed by atoms with Gasteiger partial charge in [-0.15, -0.1) is 0 Å². The van der Waals surface area contributed by atoms with Gasteiger partial charge in [0.1, 0.15) is 6.04 Å². The van der Waals surface area contributed by atoms with Crippen molar-refractivity contribution in [3.8, 4) is 0 Å². The molecule has 1 saturated carbocycles. The number of fused-ring (bicyclic) bond motifs is 1. The lowest BCUT2D eigenvalue weighted by Crippen LogP contribution is -2.48. The van der Waals surface area contributed by atoms with E-state index in [0.717, 1.165) is 25.7 Å². The molecule has 0 bridgehead atoms. The van der Waals surface area contributed by atoms with Crippen molar-refractivity contribution in [2.24, 2.45) is 11.7 Å². The molecule has 0 aromatic carbocycles. The van der Waals surface area contributed by atoms with Crippen LogP contribution in [0.25, 0.3) is 0 Å². The molecule has 2 aliphatic rings. The summed E-state index contributed by atoms with van der Waals surface area (Å²) in [5, 5.41) is 0. The number of carbonyl (C=O) groups excluding carboxylic acids is 1. The molecule has 0 aromatic heterocycles. The van der Waals surface area contributed by atoms with Crippen molar-refractivity contribution in [3.63, 3.8) is 0 Å². The quantitative estimate of drug-likeness (QED) is 0.800. The predicted molar refractivity (Wildman–Crippen MR) is 64.6 cm³/mol. The van der Waals surface area contributed by atoms with E-state index in [0.29, 0.717) is 12.3 Å². The fraction of sp³-hybridized carbons (Fsp3) is 0.909. The SMILES string of the molecule is CCS(=O)(=O)N1[C@@H]2CCCC[C@@H]2C[C@H]1C(N)=O. The van der Waals surface area contributed by atoms with Crippen molar-refractivity contribution in [2.75, 3.05) is 5.75 Å². The maximum atomic E-state index is 12.1. The Bertz CT molecular complexity index is 407. The second-order valence-corrected chi connectivity index (χ2v) is 7.16. The van der Waals surface area contributed by atoms with E-state index in [4.69, 9.17) is 5.73 Å². The minimum absolute atomic E-state index is 0.00574. The Hall–Kier alpha value is -0.620. The number of nitrogens with two attached hydrogens (primary N) is 1. The summed E-state index contributed by atoms with van der Waals surface area (Å²) >= 11 is 0. The third kappa shape index (κ3) is 2.20. The average Bonchev–Trinajstić information content (AvgIpc) is 2.69. The molecule has 1 amide bonds. The summed E-state index contributed by atoms with van der Waals surface area (Å²) in [6, 6.07) is -0.612. The highest BCUT2D eigenvalue weighted by Gasteiger charge is 2.49. The Kier molecular flexibility index (Phi) is 3.45. The third-order valence-electron chi connectivity index (χ3n) is 4.04. The molecule has 1 heterocycles. The van der Waals surface area contributed by atoms with Crippen molar-refractivity contribution in [1.82, 2.24) is 4.31 Å². The van der Waals surface area contributed by atoms with Crippen molar-refractivity contribution >= 4 is 15.9 Å². The van der Waals surface area contributed by atoms with Crippen molar-refractivity contribution in [3.05, 3.63) is 0 Å². The zero-order valence-electron chi connectivity index (χ0n) is 10.1. The van der Waals surface area contributed by atoms with E-state index in [1.165, 1.54) is 4.31 Å². The number of amides is 1. The van der Waals surface area contributed by atoms with Crippen molar-refractivity contribution in [1.29, 1.82) is 0 Å². The normalized spacial score (nSPS) is 34.5. The summed E-state index contributed by atoms with van der Waals surface area (Å²) in [5.41, 5.74) is 5.35. The van der Waals surface area contributed by atoms with Gasteiger partial charge in [0.2, 0.25) is 15.9 Å². The minimum Gasteiger partial charge on any atom is -0.368 e. The summed E-state index contributed by atoms with van der Waals surface area (Å²) in [4.78, 5) is 11.4. The molecule has 17 heavy (non-hydrogen) atoms. The topological polar surface area (TPSA) is 80.5 Å². The molecule has 2 N–H and O–H groups in total. The zero-order valence-corrected chi connectivity index (χ0v) is 10.9. The zero-order chi connectivity index (χ0) is 12.6. The van der Waals surface area contributed by atoms with Crippen LogP contribution in [0.15, 0.2) is 0 Å². The molecular weight excluding hydrogens is 240 g/mol. The maximum Gasteiger partial charge on any atom is 0.235 e. The Balaban J connectivity index is 2.33. The van der Waals surface area contributed by atoms with Gasteiger partial charge in [-0.1, -0.05) is 12.8 Å². The second-order valence-electron chi connectivity index (χ2n) is 5.00. The molecule has 0 unspecified atom stereocenters. The Morgan fingerprint density at radius 2 is 2.00 bits per heavy atom. The van der Waals surface area contributed by atoms with Crippen LogP contribution in [-0.4, -0.2) is 36.5 Å². The van der Waals surface area contributed by atoms with Gasteiger partial charge in [0.15, 0.2) is 0 Å². The van der Waals surface area contributed by atoms with E-state index in [1.807, 2.05) is 0 Å². The number of sulfonamides is 1. The van der Waals surface area contributed by atoms with Gasteiger partial charge in [-0.25, -0.2) is 8.42 Å². The maximum absolute atomic E-state index is 12.1. The van der Waals surface area contributed by atoms with E-state index < -0.39 is 22.0 Å². The molecule has 2 fully saturated rings. The molecular formula is C11H20N2O3S. The Morgan fingerprint density at radius 3 is 2.59 bits per heavy atom. The van der Waals surface area contributed by atoms with Gasteiger partial charge in [-0.3, -0.25) is 4.79 Å². The minimum atomic E-state index is -3.33. The molecule has 3 atom stereocenters. The number of nitrogens with zero attached hydrogens (tertiary/aromatic N) is 1. The lowest BCUT2D eigenvalue weighted by Gasteiger charge is -2.31. The molecule has 6 heteroatoms. The average molecular weight is 260 g/mol. The first-order valence-corrected chi connectivity index (χ1v) is 7.89. The Labute approximate surface area is 102 Å². The number of hydrogen-bond acceptors (Lipinski definition) is 3. The van der Waals surface area contributed by atoms with Crippen LogP contribution < -0.4 is 5.73 Å². The molecule has 2 rings (SSSR count). The van der Waals surface area contributed by atoms with Gasteiger partial charge in [0.25, 0.3) is 0 Å². The first-order chi connectivity index (χ1) is 7.97. The highest BCUT2D eigenvalue weighted by Crippen LogP contribution is 2.41. The standard InChI is InChI=1S/C11H20N2O3S/c1-2-17(15,16)13-9-6-4-3-5-8(9)7-10(13)11(12)14/h8-10H,2-7H2,1H3,(H2,12,14)/t8-,9-,10+/m1/s1. The van der Waals surface area contributed by atoms with E-state index in [-0.39, 0.29) is 11.8 Å². The lowest BCUT2D eigenvalue weighted by atomic mass is 9.85. The summed E-state index contributed by atoms with van der Waals surface area (Å²) in [5.74, 6) is -0.140. The van der Waals surface area contributed by atoms with E-state index in [9.17, 15) is 13.2 Å². The molecule has 1 aliphatic heterocycles. The molecule has 98 valence electrons. The second kappa shape index (κ2) is 4.57. The number of rotatable bonds is 3. The molecule has 0 radical (unpaired) electrons. The molecule has 1 saturated heterocycles. The molecule has 1 aliphatic carbocycles. The highest BCUT2D eigenvalue weighted by atomic mass is 32.2. The van der Waals surface area contributed by atoms with Gasteiger partial charge < -0.3 is 5.73 Å². The van der Waals surface area contributed by atoms with Crippen LogP contribution in [0, 0.1) is 5.92 Å². The lowest BCUT2D eigenvalue weighted by molar-refractivity contribution is -0.121. The highest BCUT2D eigenvalue weighted by molar-refractivity contribution is 7.89. The predicted octanol–water partition coefficient (Wildman–Crippen LogP) is 0.455. The molecule has 5 nitrogen and oxygen atoms in total. The first kappa shape index (κ1) is 12.8. The van der Waals surface area contributed by atoms with Gasteiger partial charge in [0.05, 0.1) is 5.75 Å². The first-order valence-electron chi connectivity index (χ1n) is 6.28. The fourth-order valence-corrected chi connectivity index (χ4v) is 4.78. The molecule has 0 spiro atoms. The van der Waals surface area contributed by atoms with Crippen LogP contribution in [0.1, 0.15) is 39.0 Å². The third-order valence-corrected chi connectivity index (χ3v) is 5.94. The largest absolute Gasteiger partial charge is 0.368 e. The summed E-state index contributed by atoms with van der Waals surface area (Å²) < 4.78 is 25.6. The van der Waals surface area contributed by atoms with E-state index >= 15 is 0 Å². The fourth-order valence-electron chi connectivity index (χ4n) is 3.21. The summed E-state index contributed by atoms with van der Waals surface area (Å²) in [7, 11) is -3.33. The Morgan fingerprint density at radius 1 is 1.35 bits per heavy atom. The van der Waals surface area contributed by atoms with Gasteiger partial charge in [0, 0.05) is 6.04 Å². The molecule has 0 aromatic rings. The van der Waals surface area contributed by atoms with E-state index in [1.54, 1.807) is 6.92 Å². The smallest absolute Gasteiger partial charge is 0.235 e. The van der Waals surface area contributed by atoms with Crippen LogP contribution in [-0.2, 0) is 14.8 Å². The number of carbonyl (C=O) groups is 1. The van der Waals surface area contributed by atoms with Crippen LogP contribution in [0.4, 0.5) is 0 Å². The van der Waals surface area contributed by atoms with Gasteiger partial charge >= 0.3 is 0 Å². The van der Waals surface area contributed by atoms with E-state index in [2.05, 4.69) is 0 Å². The van der Waals surface area contributed by atoms with Gasteiger partial charge in [-0.2, -0.15) is 4.31 Å². The van der Waals surface area contributed by atoms with Crippen molar-refractivity contribution < 1.29 is 13.2 Å².